The van der Waals surface area contributed by atoms with Crippen molar-refractivity contribution in [2.45, 2.75) is 0 Å². The molecule has 5 aromatic rings. The third kappa shape index (κ3) is 8.02. The largest absolute Gasteiger partial charge is 0.486 e. The van der Waals surface area contributed by atoms with Gasteiger partial charge in [-0.2, -0.15) is 0 Å². The lowest BCUT2D eigenvalue weighted by atomic mass is 10.3. The van der Waals surface area contributed by atoms with E-state index in [0.717, 1.165) is 0 Å². The average molecular weight is 556 g/mol. The highest BCUT2D eigenvalue weighted by Gasteiger charge is 2.30. The van der Waals surface area contributed by atoms with Crippen molar-refractivity contribution in [2.24, 2.45) is 9.42 Å². The minimum absolute atomic E-state index is 0.506. The van der Waals surface area contributed by atoms with Crippen LogP contribution in [0.5, 0.6) is 28.7 Å². The maximum atomic E-state index is 6.43. The second-order valence-corrected chi connectivity index (χ2v) is 11.2. The Morgan fingerprint density at radius 3 is 1.13 bits per heavy atom. The van der Waals surface area contributed by atoms with Gasteiger partial charge in [0.25, 0.3) is 0 Å². The average Bonchev–Trinajstić information content (AvgIpc) is 2.99. The Bertz CT molecular complexity index is 1430. The van der Waals surface area contributed by atoms with Crippen LogP contribution < -0.4 is 22.9 Å². The molecular weight excluding hydrogens is 530 g/mol. The van der Waals surface area contributed by atoms with Crippen molar-refractivity contribution >= 4 is 15.8 Å². The summed E-state index contributed by atoms with van der Waals surface area (Å²) in [7, 11) is -6.11. The molecule has 0 aliphatic rings. The fourth-order valence-electron chi connectivity index (χ4n) is 3.27. The molecule has 0 saturated carbocycles. The van der Waals surface area contributed by atoms with E-state index in [1.165, 1.54) is 0 Å². The van der Waals surface area contributed by atoms with E-state index < -0.39 is 15.8 Å². The smallest absolute Gasteiger partial charge is 0.432 e. The lowest BCUT2D eigenvalue weighted by molar-refractivity contribution is 0.324. The van der Waals surface area contributed by atoms with E-state index in [-0.39, 0.29) is 0 Å². The predicted molar refractivity (Wildman–Crippen MR) is 155 cm³/mol. The Morgan fingerprint density at radius 2 is 0.744 bits per heavy atom. The summed E-state index contributed by atoms with van der Waals surface area (Å²) >= 11 is 0. The number of rotatable bonds is 11. The zero-order chi connectivity index (χ0) is 26.6. The summed E-state index contributed by atoms with van der Waals surface area (Å²) in [6, 6.07) is 46.3. The number of hydrogen-bond donors (Lipinski definition) is 0. The first-order valence-corrected chi connectivity index (χ1v) is 14.9. The van der Waals surface area contributed by atoms with Crippen molar-refractivity contribution in [3.8, 4) is 28.7 Å². The lowest BCUT2D eigenvalue weighted by Crippen LogP contribution is -2.02. The highest BCUT2D eigenvalue weighted by atomic mass is 31.2. The summed E-state index contributed by atoms with van der Waals surface area (Å²) in [5.41, 5.74) is 0. The van der Waals surface area contributed by atoms with Crippen molar-refractivity contribution in [1.82, 2.24) is 0 Å². The molecule has 0 atom stereocenters. The van der Waals surface area contributed by atoms with Gasteiger partial charge in [0.05, 0.1) is 0 Å². The predicted octanol–water partition coefficient (Wildman–Crippen LogP) is 9.47. The van der Waals surface area contributed by atoms with Crippen LogP contribution in [0, 0.1) is 0 Å². The molecule has 39 heavy (non-hydrogen) atoms. The zero-order valence-electron chi connectivity index (χ0n) is 20.8. The number of para-hydroxylation sites is 5. The lowest BCUT2D eigenvalue weighted by Gasteiger charge is -2.22. The zero-order valence-corrected chi connectivity index (χ0v) is 22.7. The van der Waals surface area contributed by atoms with Gasteiger partial charge in [-0.05, 0) is 60.7 Å². The van der Waals surface area contributed by atoms with Gasteiger partial charge >= 0.3 is 15.8 Å². The van der Waals surface area contributed by atoms with E-state index in [1.54, 1.807) is 36.4 Å². The molecule has 0 fully saturated rings. The monoisotopic (exact) mass is 556 g/mol. The van der Waals surface area contributed by atoms with E-state index in [4.69, 9.17) is 27.4 Å². The summed E-state index contributed by atoms with van der Waals surface area (Å²) in [4.78, 5) is 10.4. The molecule has 0 radical (unpaired) electrons. The molecule has 0 aromatic heterocycles. The minimum Gasteiger partial charge on any atom is -0.432 e. The van der Waals surface area contributed by atoms with Crippen LogP contribution in [0.3, 0.4) is 0 Å². The van der Waals surface area contributed by atoms with Crippen molar-refractivity contribution in [2.75, 3.05) is 0 Å². The Hall–Kier alpha value is -4.44. The van der Waals surface area contributed by atoms with Crippen LogP contribution in [0.1, 0.15) is 0 Å². The fraction of sp³-hybridized carbons (Fsp3) is 0. The Balaban J connectivity index is 1.65. The highest BCUT2D eigenvalue weighted by Crippen LogP contribution is 2.58. The maximum Gasteiger partial charge on any atom is 0.486 e. The molecule has 0 amide bonds. The van der Waals surface area contributed by atoms with E-state index in [0.29, 0.717) is 28.7 Å². The minimum atomic E-state index is -3.61. The molecular formula is C30H26N2O5P2. The first-order chi connectivity index (χ1) is 19.3. The van der Waals surface area contributed by atoms with Crippen LogP contribution in [0.25, 0.3) is 0 Å². The van der Waals surface area contributed by atoms with E-state index in [1.807, 2.05) is 115 Å². The van der Waals surface area contributed by atoms with Crippen LogP contribution in [0.15, 0.2) is 161 Å². The molecule has 5 rings (SSSR count). The Morgan fingerprint density at radius 1 is 0.410 bits per heavy atom. The summed E-state index contributed by atoms with van der Waals surface area (Å²) in [5, 5.41) is 0. The summed E-state index contributed by atoms with van der Waals surface area (Å²) in [6.45, 7) is 0. The van der Waals surface area contributed by atoms with E-state index >= 15 is 0 Å². The molecule has 0 heterocycles. The SMILES string of the molecule is c1ccc(ON=P(N=[PH](Oc2ccccc2)Oc2ccccc2)(Oc2ccccc2)Oc2ccccc2)cc1. The summed E-state index contributed by atoms with van der Waals surface area (Å²) in [6.07, 6.45) is 0. The summed E-state index contributed by atoms with van der Waals surface area (Å²) < 4.78 is 30.3. The molecule has 0 N–H and O–H groups in total. The van der Waals surface area contributed by atoms with Crippen LogP contribution in [-0.4, -0.2) is 0 Å². The van der Waals surface area contributed by atoms with E-state index in [9.17, 15) is 0 Å². The molecule has 196 valence electrons. The van der Waals surface area contributed by atoms with E-state index in [2.05, 4.69) is 4.91 Å². The van der Waals surface area contributed by atoms with Crippen molar-refractivity contribution in [3.63, 3.8) is 0 Å². The molecule has 0 aliphatic heterocycles. The molecule has 0 aliphatic carbocycles. The number of nitrogens with zero attached hydrogens (tertiary/aromatic N) is 2. The molecule has 5 aromatic carbocycles. The fourth-order valence-corrected chi connectivity index (χ4v) is 6.71. The van der Waals surface area contributed by atoms with Gasteiger partial charge < -0.3 is 22.9 Å². The first kappa shape index (κ1) is 26.2. The van der Waals surface area contributed by atoms with Gasteiger partial charge in [-0.15, -0.1) is 4.52 Å². The Labute approximate surface area is 228 Å². The molecule has 7 nitrogen and oxygen atoms in total. The van der Waals surface area contributed by atoms with Gasteiger partial charge in [-0.1, -0.05) is 91.0 Å². The Kier molecular flexibility index (Phi) is 8.98. The molecule has 0 bridgehead atoms. The van der Waals surface area contributed by atoms with Crippen molar-refractivity contribution < 1.29 is 22.9 Å². The van der Waals surface area contributed by atoms with Crippen LogP contribution in [0.4, 0.5) is 0 Å². The summed E-state index contributed by atoms with van der Waals surface area (Å²) in [5.74, 6) is 2.70. The molecule has 0 spiro atoms. The third-order valence-corrected chi connectivity index (χ3v) is 8.70. The highest BCUT2D eigenvalue weighted by molar-refractivity contribution is 7.61. The quantitative estimate of drug-likeness (QED) is 0.120. The van der Waals surface area contributed by atoms with Gasteiger partial charge in [0.1, 0.15) is 23.0 Å². The maximum absolute atomic E-state index is 6.43. The number of hydrogen-bond acceptors (Lipinski definition) is 6. The molecule has 9 heteroatoms. The van der Waals surface area contributed by atoms with Gasteiger partial charge in [0.2, 0.25) is 0 Å². The first-order valence-electron chi connectivity index (χ1n) is 12.2. The topological polar surface area (TPSA) is 70.9 Å². The van der Waals surface area contributed by atoms with Crippen LogP contribution >= 0.6 is 15.8 Å². The van der Waals surface area contributed by atoms with Crippen LogP contribution in [-0.2, 0) is 0 Å². The van der Waals surface area contributed by atoms with Crippen LogP contribution in [0.2, 0.25) is 0 Å². The second kappa shape index (κ2) is 13.4. The number of benzene rings is 5. The van der Waals surface area contributed by atoms with Crippen molar-refractivity contribution in [1.29, 1.82) is 0 Å². The molecule has 0 saturated heterocycles. The van der Waals surface area contributed by atoms with Crippen molar-refractivity contribution in [3.05, 3.63) is 152 Å². The van der Waals surface area contributed by atoms with Gasteiger partial charge in [-0.3, -0.25) is 0 Å². The van der Waals surface area contributed by atoms with Gasteiger partial charge in [0.15, 0.2) is 5.75 Å². The second-order valence-electron chi connectivity index (χ2n) is 7.98. The standard InChI is InChI=1S/C30H26N2O5P2/c1-6-16-26(17-7-1)33-31-39(36-29-22-12-4-13-23-29,37-30-24-14-5-15-25-30)32-38(34-27-18-8-2-9-19-27)35-28-20-10-3-11-21-28/h1-25,38H. The van der Waals surface area contributed by atoms with Gasteiger partial charge in [0, 0.05) is 4.91 Å². The van der Waals surface area contributed by atoms with Gasteiger partial charge in [-0.25, -0.2) is 0 Å². The third-order valence-electron chi connectivity index (χ3n) is 5.03. The molecule has 0 unspecified atom stereocenters. The normalized spacial score (nSPS) is 10.8.